The summed E-state index contributed by atoms with van der Waals surface area (Å²) >= 11 is 0. The number of hydrogen-bond donors (Lipinski definition) is 2. The van der Waals surface area contributed by atoms with Crippen LogP contribution in [0.4, 0.5) is 30.7 Å². The quantitative estimate of drug-likeness (QED) is 0.469. The van der Waals surface area contributed by atoms with Crippen LogP contribution in [-0.4, -0.2) is 31.1 Å². The predicted octanol–water partition coefficient (Wildman–Crippen LogP) is 3.79. The zero-order valence-corrected chi connectivity index (χ0v) is 15.2. The third kappa shape index (κ3) is 5.24. The monoisotopic (exact) mass is 447 g/mol. The number of aliphatic hydroxyl groups is 1. The minimum Gasteiger partial charge on any atom is -0.374 e. The van der Waals surface area contributed by atoms with Crippen molar-refractivity contribution in [3.05, 3.63) is 65.5 Å². The summed E-state index contributed by atoms with van der Waals surface area (Å²) in [6, 6.07) is 1.96. The average Bonchev–Trinajstić information content (AvgIpc) is 3.13. The first-order valence-electron chi connectivity index (χ1n) is 8.32. The van der Waals surface area contributed by atoms with Crippen molar-refractivity contribution >= 4 is 11.8 Å². The summed E-state index contributed by atoms with van der Waals surface area (Å²) in [7, 11) is 0. The number of halogens is 7. The second kappa shape index (κ2) is 8.07. The number of nitrogens with zero attached hydrogens (tertiary/aromatic N) is 4. The van der Waals surface area contributed by atoms with Gasteiger partial charge in [-0.1, -0.05) is 0 Å². The fourth-order valence-electron chi connectivity index (χ4n) is 2.59. The van der Waals surface area contributed by atoms with Crippen LogP contribution in [-0.2, 0) is 12.4 Å². The molecule has 31 heavy (non-hydrogen) atoms. The van der Waals surface area contributed by atoms with E-state index < -0.39 is 46.9 Å². The Kier molecular flexibility index (Phi) is 5.83. The average molecular weight is 447 g/mol. The Labute approximate surface area is 169 Å². The van der Waals surface area contributed by atoms with Crippen molar-refractivity contribution in [3.63, 3.8) is 0 Å². The second-order valence-corrected chi connectivity index (χ2v) is 6.26. The molecule has 0 fully saturated rings. The molecule has 1 aromatic carbocycles. The largest absolute Gasteiger partial charge is 0.416 e. The summed E-state index contributed by atoms with van der Waals surface area (Å²) in [5.41, 5.74) is 1.87. The first-order chi connectivity index (χ1) is 14.3. The molecule has 2 heterocycles. The SMILES string of the molecule is NC(O)/C(=C/n1cnc(-c2cc(C(F)(F)F)cc(C(F)(F)F)c2)n1)c1cncc(F)c1. The van der Waals surface area contributed by atoms with Crippen LogP contribution in [0.3, 0.4) is 0 Å². The van der Waals surface area contributed by atoms with Gasteiger partial charge in [-0.2, -0.15) is 26.3 Å². The Balaban J connectivity index is 2.06. The molecule has 3 N–H and O–H groups in total. The number of aromatic nitrogens is 4. The van der Waals surface area contributed by atoms with Crippen molar-refractivity contribution in [2.45, 2.75) is 18.6 Å². The number of rotatable bonds is 4. The molecule has 0 radical (unpaired) electrons. The second-order valence-electron chi connectivity index (χ2n) is 6.26. The lowest BCUT2D eigenvalue weighted by molar-refractivity contribution is -0.143. The van der Waals surface area contributed by atoms with E-state index in [0.717, 1.165) is 29.5 Å². The van der Waals surface area contributed by atoms with E-state index in [9.17, 15) is 35.8 Å². The number of nitrogens with two attached hydrogens (primary N) is 1. The first kappa shape index (κ1) is 22.4. The molecular weight excluding hydrogens is 435 g/mol. The molecule has 3 rings (SSSR count). The molecule has 6 nitrogen and oxygen atoms in total. The molecule has 3 aromatic rings. The van der Waals surface area contributed by atoms with Gasteiger partial charge < -0.3 is 10.8 Å². The minimum absolute atomic E-state index is 0.0137. The van der Waals surface area contributed by atoms with Gasteiger partial charge in [0, 0.05) is 29.1 Å². The van der Waals surface area contributed by atoms with Crippen LogP contribution in [0.15, 0.2) is 43.0 Å². The summed E-state index contributed by atoms with van der Waals surface area (Å²) in [5, 5.41) is 13.6. The van der Waals surface area contributed by atoms with E-state index in [0.29, 0.717) is 12.1 Å². The fraction of sp³-hybridized carbons (Fsp3) is 0.167. The molecule has 2 aromatic heterocycles. The summed E-state index contributed by atoms with van der Waals surface area (Å²) in [4.78, 5) is 7.32. The van der Waals surface area contributed by atoms with Crippen LogP contribution < -0.4 is 5.73 Å². The standard InChI is InChI=1S/C18H12F7N5O/c19-13-3-10(5-27-6-13)14(15(26)31)7-30-8-28-16(29-30)9-1-11(17(20,21)22)4-12(2-9)18(23,24)25/h1-8,15,31H,26H2/b14-7+. The zero-order valence-electron chi connectivity index (χ0n) is 15.2. The van der Waals surface area contributed by atoms with Crippen molar-refractivity contribution < 1.29 is 35.8 Å². The highest BCUT2D eigenvalue weighted by Crippen LogP contribution is 2.38. The van der Waals surface area contributed by atoms with Gasteiger partial charge in [0.15, 0.2) is 5.82 Å². The van der Waals surface area contributed by atoms with E-state index >= 15 is 0 Å². The third-order valence-electron chi connectivity index (χ3n) is 3.98. The molecule has 13 heteroatoms. The van der Waals surface area contributed by atoms with E-state index in [2.05, 4.69) is 15.1 Å². The Morgan fingerprint density at radius 1 is 1.00 bits per heavy atom. The number of alkyl halides is 6. The smallest absolute Gasteiger partial charge is 0.374 e. The molecule has 1 unspecified atom stereocenters. The molecule has 164 valence electrons. The van der Waals surface area contributed by atoms with Gasteiger partial charge in [0.05, 0.1) is 17.3 Å². The van der Waals surface area contributed by atoms with Crippen LogP contribution in [0.5, 0.6) is 0 Å². The lowest BCUT2D eigenvalue weighted by Crippen LogP contribution is -2.21. The Bertz CT molecular complexity index is 1090. The van der Waals surface area contributed by atoms with Gasteiger partial charge in [0.25, 0.3) is 0 Å². The Morgan fingerprint density at radius 2 is 1.61 bits per heavy atom. The van der Waals surface area contributed by atoms with Gasteiger partial charge in [-0.05, 0) is 24.3 Å². The third-order valence-corrected chi connectivity index (χ3v) is 3.98. The fourth-order valence-corrected chi connectivity index (χ4v) is 2.59. The van der Waals surface area contributed by atoms with Gasteiger partial charge in [0.1, 0.15) is 18.4 Å². The Hall–Kier alpha value is -3.32. The topological polar surface area (TPSA) is 89.8 Å². The van der Waals surface area contributed by atoms with Crippen molar-refractivity contribution in [1.82, 2.24) is 19.7 Å². The number of hydrogen-bond acceptors (Lipinski definition) is 5. The molecule has 0 saturated heterocycles. The van der Waals surface area contributed by atoms with E-state index in [1.807, 2.05) is 0 Å². The van der Waals surface area contributed by atoms with Crippen molar-refractivity contribution in [1.29, 1.82) is 0 Å². The summed E-state index contributed by atoms with van der Waals surface area (Å²) < 4.78 is 92.5. The van der Waals surface area contributed by atoms with Crippen LogP contribution in [0.2, 0.25) is 0 Å². The summed E-state index contributed by atoms with van der Waals surface area (Å²) in [6.45, 7) is 0. The van der Waals surface area contributed by atoms with E-state index in [-0.39, 0.29) is 17.2 Å². The molecular formula is C18H12F7N5O. The molecule has 0 aliphatic carbocycles. The highest BCUT2D eigenvalue weighted by atomic mass is 19.4. The van der Waals surface area contributed by atoms with Crippen molar-refractivity contribution in [2.75, 3.05) is 0 Å². The molecule has 0 spiro atoms. The molecule has 0 amide bonds. The van der Waals surface area contributed by atoms with Gasteiger partial charge >= 0.3 is 12.4 Å². The maximum absolute atomic E-state index is 13.4. The summed E-state index contributed by atoms with van der Waals surface area (Å²) in [6.07, 6.45) is -7.54. The highest BCUT2D eigenvalue weighted by Gasteiger charge is 2.37. The van der Waals surface area contributed by atoms with Crippen LogP contribution in [0.25, 0.3) is 23.2 Å². The number of pyridine rings is 1. The normalized spacial score (nSPS) is 14.0. The first-order valence-corrected chi connectivity index (χ1v) is 8.32. The number of benzene rings is 1. The lowest BCUT2D eigenvalue weighted by atomic mass is 10.0. The van der Waals surface area contributed by atoms with Gasteiger partial charge in [-0.25, -0.2) is 14.1 Å². The zero-order chi connectivity index (χ0) is 23.0. The van der Waals surface area contributed by atoms with Crippen LogP contribution in [0, 0.1) is 5.82 Å². The molecule has 1 atom stereocenters. The Morgan fingerprint density at radius 3 is 2.13 bits per heavy atom. The maximum atomic E-state index is 13.4. The predicted molar refractivity (Wildman–Crippen MR) is 94.0 cm³/mol. The van der Waals surface area contributed by atoms with Crippen molar-refractivity contribution in [3.8, 4) is 11.4 Å². The van der Waals surface area contributed by atoms with Crippen LogP contribution >= 0.6 is 0 Å². The highest BCUT2D eigenvalue weighted by molar-refractivity contribution is 5.77. The lowest BCUT2D eigenvalue weighted by Gasteiger charge is -2.13. The summed E-state index contributed by atoms with van der Waals surface area (Å²) in [5.74, 6) is -1.18. The molecule has 0 aliphatic heterocycles. The molecule has 0 saturated carbocycles. The van der Waals surface area contributed by atoms with Gasteiger partial charge in [0.2, 0.25) is 0 Å². The van der Waals surface area contributed by atoms with E-state index in [4.69, 9.17) is 5.73 Å². The van der Waals surface area contributed by atoms with Gasteiger partial charge in [-0.3, -0.25) is 4.98 Å². The van der Waals surface area contributed by atoms with E-state index in [1.165, 1.54) is 6.20 Å². The molecule has 0 aliphatic rings. The minimum atomic E-state index is -5.03. The molecule has 0 bridgehead atoms. The van der Waals surface area contributed by atoms with Crippen molar-refractivity contribution in [2.24, 2.45) is 5.73 Å². The van der Waals surface area contributed by atoms with E-state index in [1.54, 1.807) is 0 Å². The number of aliphatic hydroxyl groups excluding tert-OH is 1. The van der Waals surface area contributed by atoms with Gasteiger partial charge in [-0.15, -0.1) is 5.10 Å². The maximum Gasteiger partial charge on any atom is 0.416 e. The van der Waals surface area contributed by atoms with Crippen LogP contribution in [0.1, 0.15) is 16.7 Å².